The first-order chi connectivity index (χ1) is 9.78. The Kier molecular flexibility index (Phi) is 5.48. The summed E-state index contributed by atoms with van der Waals surface area (Å²) in [5.74, 6) is 0.290. The molecular weight excluding hydrogens is 246 g/mol. The first-order valence-corrected chi connectivity index (χ1v) is 7.43. The third kappa shape index (κ3) is 4.61. The van der Waals surface area contributed by atoms with Crippen molar-refractivity contribution in [2.45, 2.75) is 39.0 Å². The minimum absolute atomic E-state index is 0.290. The lowest BCUT2D eigenvalue weighted by Gasteiger charge is -2.08. The van der Waals surface area contributed by atoms with Crippen molar-refractivity contribution in [2.75, 3.05) is 5.32 Å². The Morgan fingerprint density at radius 3 is 2.00 bits per heavy atom. The SMILES string of the molecule is CCCCCCc1ccc(Nc2ccc(O)cc2)cc1. The van der Waals surface area contributed by atoms with E-state index in [4.69, 9.17) is 0 Å². The summed E-state index contributed by atoms with van der Waals surface area (Å²) in [6.07, 6.45) is 6.39. The predicted molar refractivity (Wildman–Crippen MR) is 85.7 cm³/mol. The summed E-state index contributed by atoms with van der Waals surface area (Å²) in [6, 6.07) is 15.7. The van der Waals surface area contributed by atoms with E-state index >= 15 is 0 Å². The average molecular weight is 269 g/mol. The number of hydrogen-bond donors (Lipinski definition) is 2. The summed E-state index contributed by atoms with van der Waals surface area (Å²) in [4.78, 5) is 0. The van der Waals surface area contributed by atoms with Gasteiger partial charge in [-0.3, -0.25) is 0 Å². The van der Waals surface area contributed by atoms with Crippen LogP contribution < -0.4 is 5.32 Å². The van der Waals surface area contributed by atoms with Gasteiger partial charge in [-0.05, 0) is 54.8 Å². The molecule has 0 heterocycles. The average Bonchev–Trinajstić information content (AvgIpc) is 2.48. The summed E-state index contributed by atoms with van der Waals surface area (Å²) in [7, 11) is 0. The van der Waals surface area contributed by atoms with Gasteiger partial charge >= 0.3 is 0 Å². The Morgan fingerprint density at radius 2 is 1.40 bits per heavy atom. The molecule has 2 nitrogen and oxygen atoms in total. The van der Waals surface area contributed by atoms with E-state index < -0.39 is 0 Å². The van der Waals surface area contributed by atoms with Crippen LogP contribution in [0.5, 0.6) is 5.75 Å². The largest absolute Gasteiger partial charge is 0.508 e. The number of anilines is 2. The van der Waals surface area contributed by atoms with Gasteiger partial charge < -0.3 is 10.4 Å². The van der Waals surface area contributed by atoms with Crippen molar-refractivity contribution in [3.63, 3.8) is 0 Å². The highest BCUT2D eigenvalue weighted by Gasteiger charge is 1.97. The number of nitrogens with one attached hydrogen (secondary N) is 1. The van der Waals surface area contributed by atoms with Crippen LogP contribution in [0.2, 0.25) is 0 Å². The molecule has 0 radical (unpaired) electrons. The lowest BCUT2D eigenvalue weighted by atomic mass is 10.1. The zero-order chi connectivity index (χ0) is 14.2. The number of phenols is 1. The second-order valence-electron chi connectivity index (χ2n) is 5.18. The van der Waals surface area contributed by atoms with Gasteiger partial charge in [0.15, 0.2) is 0 Å². The Bertz CT molecular complexity index is 502. The van der Waals surface area contributed by atoms with Crippen LogP contribution in [0.15, 0.2) is 48.5 Å². The maximum absolute atomic E-state index is 9.25. The molecule has 0 amide bonds. The molecule has 0 atom stereocenters. The van der Waals surface area contributed by atoms with E-state index in [-0.39, 0.29) is 5.75 Å². The molecule has 0 bridgehead atoms. The first kappa shape index (κ1) is 14.4. The predicted octanol–water partition coefficient (Wildman–Crippen LogP) is 5.26. The molecule has 0 aliphatic heterocycles. The smallest absolute Gasteiger partial charge is 0.115 e. The minimum Gasteiger partial charge on any atom is -0.508 e. The van der Waals surface area contributed by atoms with Crippen LogP contribution in [-0.2, 0) is 6.42 Å². The van der Waals surface area contributed by atoms with Gasteiger partial charge in [0.2, 0.25) is 0 Å². The van der Waals surface area contributed by atoms with Crippen LogP contribution in [0.3, 0.4) is 0 Å². The highest BCUT2D eigenvalue weighted by Crippen LogP contribution is 2.20. The fraction of sp³-hybridized carbons (Fsp3) is 0.333. The third-order valence-corrected chi connectivity index (χ3v) is 3.43. The molecule has 2 aromatic carbocycles. The summed E-state index contributed by atoms with van der Waals surface area (Å²) in [6.45, 7) is 2.24. The number of aryl methyl sites for hydroxylation is 1. The van der Waals surface area contributed by atoms with Gasteiger partial charge in [0, 0.05) is 11.4 Å². The van der Waals surface area contributed by atoms with E-state index in [1.165, 1.54) is 37.7 Å². The molecule has 2 N–H and O–H groups in total. The molecule has 0 unspecified atom stereocenters. The number of phenolic OH excluding ortho intramolecular Hbond substituents is 1. The highest BCUT2D eigenvalue weighted by molar-refractivity contribution is 5.60. The number of aromatic hydroxyl groups is 1. The van der Waals surface area contributed by atoms with E-state index in [1.807, 2.05) is 12.1 Å². The molecule has 2 rings (SSSR count). The molecule has 0 saturated heterocycles. The van der Waals surface area contributed by atoms with Gasteiger partial charge in [-0.25, -0.2) is 0 Å². The van der Waals surface area contributed by atoms with Crippen LogP contribution in [-0.4, -0.2) is 5.11 Å². The van der Waals surface area contributed by atoms with E-state index in [0.717, 1.165) is 11.4 Å². The third-order valence-electron chi connectivity index (χ3n) is 3.43. The molecule has 2 aromatic rings. The molecule has 2 heteroatoms. The van der Waals surface area contributed by atoms with Crippen LogP contribution in [0, 0.1) is 0 Å². The van der Waals surface area contributed by atoms with E-state index in [1.54, 1.807) is 12.1 Å². The lowest BCUT2D eigenvalue weighted by molar-refractivity contribution is 0.475. The quantitative estimate of drug-likeness (QED) is 0.531. The van der Waals surface area contributed by atoms with Gasteiger partial charge in [0.1, 0.15) is 5.75 Å². The van der Waals surface area contributed by atoms with Gasteiger partial charge in [-0.15, -0.1) is 0 Å². The van der Waals surface area contributed by atoms with Crippen LogP contribution >= 0.6 is 0 Å². The minimum atomic E-state index is 0.290. The van der Waals surface area contributed by atoms with E-state index in [0.29, 0.717) is 0 Å². The summed E-state index contributed by atoms with van der Waals surface area (Å²) >= 11 is 0. The van der Waals surface area contributed by atoms with Crippen molar-refractivity contribution in [3.8, 4) is 5.75 Å². The second-order valence-corrected chi connectivity index (χ2v) is 5.18. The topological polar surface area (TPSA) is 32.3 Å². The van der Waals surface area contributed by atoms with Crippen molar-refractivity contribution >= 4 is 11.4 Å². The highest BCUT2D eigenvalue weighted by atomic mass is 16.3. The summed E-state index contributed by atoms with van der Waals surface area (Å²) in [5, 5.41) is 12.6. The monoisotopic (exact) mass is 269 g/mol. The van der Waals surface area contributed by atoms with Crippen molar-refractivity contribution in [3.05, 3.63) is 54.1 Å². The molecule has 0 aromatic heterocycles. The van der Waals surface area contributed by atoms with E-state index in [9.17, 15) is 5.11 Å². The Balaban J connectivity index is 1.86. The van der Waals surface area contributed by atoms with Crippen molar-refractivity contribution in [2.24, 2.45) is 0 Å². The normalized spacial score (nSPS) is 10.4. The maximum Gasteiger partial charge on any atom is 0.115 e. The standard InChI is InChI=1S/C18H23NO/c1-2-3-4-5-6-15-7-9-16(10-8-15)19-17-11-13-18(20)14-12-17/h7-14,19-20H,2-6H2,1H3. The zero-order valence-electron chi connectivity index (χ0n) is 12.1. The zero-order valence-corrected chi connectivity index (χ0v) is 12.1. The molecule has 0 fully saturated rings. The fourth-order valence-corrected chi connectivity index (χ4v) is 2.22. The van der Waals surface area contributed by atoms with Gasteiger partial charge in [0.25, 0.3) is 0 Å². The first-order valence-electron chi connectivity index (χ1n) is 7.43. The Hall–Kier alpha value is -1.96. The molecule has 20 heavy (non-hydrogen) atoms. The molecular formula is C18H23NO. The Morgan fingerprint density at radius 1 is 0.800 bits per heavy atom. The van der Waals surface area contributed by atoms with Crippen molar-refractivity contribution < 1.29 is 5.11 Å². The second kappa shape index (κ2) is 7.59. The lowest BCUT2D eigenvalue weighted by Crippen LogP contribution is -1.91. The van der Waals surface area contributed by atoms with Crippen molar-refractivity contribution in [1.29, 1.82) is 0 Å². The summed E-state index contributed by atoms with van der Waals surface area (Å²) in [5.41, 5.74) is 3.46. The number of hydrogen-bond acceptors (Lipinski definition) is 2. The molecule has 0 spiro atoms. The van der Waals surface area contributed by atoms with Crippen LogP contribution in [0.4, 0.5) is 11.4 Å². The molecule has 0 aliphatic rings. The molecule has 0 saturated carbocycles. The van der Waals surface area contributed by atoms with Crippen LogP contribution in [0.25, 0.3) is 0 Å². The molecule has 106 valence electrons. The summed E-state index contributed by atoms with van der Waals surface area (Å²) < 4.78 is 0. The molecule has 0 aliphatic carbocycles. The van der Waals surface area contributed by atoms with E-state index in [2.05, 4.69) is 36.5 Å². The van der Waals surface area contributed by atoms with Gasteiger partial charge in [-0.2, -0.15) is 0 Å². The van der Waals surface area contributed by atoms with Crippen molar-refractivity contribution in [1.82, 2.24) is 0 Å². The van der Waals surface area contributed by atoms with Gasteiger partial charge in [0.05, 0.1) is 0 Å². The number of rotatable bonds is 7. The Labute approximate surface area is 121 Å². The maximum atomic E-state index is 9.25. The number of unbranched alkanes of at least 4 members (excludes halogenated alkanes) is 3. The fourth-order valence-electron chi connectivity index (χ4n) is 2.22. The van der Waals surface area contributed by atoms with Crippen LogP contribution in [0.1, 0.15) is 38.2 Å². The van der Waals surface area contributed by atoms with Gasteiger partial charge in [-0.1, -0.05) is 38.3 Å². The number of benzene rings is 2.